The number of carbonyl (C=O) groups is 5. The van der Waals surface area contributed by atoms with Gasteiger partial charge in [0.15, 0.2) is 12.6 Å². The Morgan fingerprint density at radius 3 is 1.39 bits per heavy atom. The molecule has 19 N–H and O–H groups in total. The van der Waals surface area contributed by atoms with E-state index in [9.17, 15) is 106 Å². The SMILES string of the molecule is CCCCCCCC/C=C\CCCCCCCCCCCCCC(=O)N[C@@H](CO[C@@H]1O[C@H](CO)[C@@H](O[C@@H]2O[C@H](CO)[C@H](O)[C@H](O[C@]3(C(=O)O)C[C@H](O)[C@@H](NC(C)=O)C([C@H](O)[C@@H](CO)O[C@]4(C(=O)O)C[C@H](O)[C@@H](NC(C)=O)C([C@H](O)[C@H](O)CO)O4)O3)[C@H]2O)[C@H](O)[C@H]1O)[C@H](O)/C=C/CCCCCCCCCCCCC. The van der Waals surface area contributed by atoms with Crippen LogP contribution < -0.4 is 16.0 Å². The predicted octanol–water partition coefficient (Wildman–Crippen LogP) is 2.46. The summed E-state index contributed by atoms with van der Waals surface area (Å²) < 4.78 is 46.5. The van der Waals surface area contributed by atoms with Gasteiger partial charge in [-0.15, -0.1) is 0 Å². The number of nitrogens with one attached hydrogen (secondary N) is 3. The predicted molar refractivity (Wildman–Crippen MR) is 391 cm³/mol. The van der Waals surface area contributed by atoms with Crippen LogP contribution in [-0.2, 0) is 61.9 Å². The van der Waals surface area contributed by atoms with Gasteiger partial charge < -0.3 is 136 Å². The highest BCUT2D eigenvalue weighted by molar-refractivity contribution is 5.78. The number of carboxylic acid groups (broad SMARTS) is 2. The molecule has 0 aromatic carbocycles. The third kappa shape index (κ3) is 31.7. The van der Waals surface area contributed by atoms with Gasteiger partial charge in [-0.3, -0.25) is 14.4 Å². The fourth-order valence-electron chi connectivity index (χ4n) is 14.3. The third-order valence-corrected chi connectivity index (χ3v) is 20.6. The molecular weight excluding hydrogens is 1420 g/mol. The molecule has 0 radical (unpaired) electrons. The third-order valence-electron chi connectivity index (χ3n) is 20.6. The summed E-state index contributed by atoms with van der Waals surface area (Å²) in [5, 5.41) is 185. The Kier molecular flexibility index (Phi) is 46.7. The van der Waals surface area contributed by atoms with Crippen LogP contribution in [0.25, 0.3) is 0 Å². The molecule has 0 saturated carbocycles. The van der Waals surface area contributed by atoms with Crippen molar-refractivity contribution in [1.82, 2.24) is 16.0 Å². The summed E-state index contributed by atoms with van der Waals surface area (Å²) in [6.45, 7) is 1.12. The molecule has 0 aromatic rings. The molecule has 108 heavy (non-hydrogen) atoms. The van der Waals surface area contributed by atoms with Crippen molar-refractivity contribution < 1.29 is 144 Å². The molecule has 32 heteroatoms. The lowest BCUT2D eigenvalue weighted by molar-refractivity contribution is -0.388. The standard InChI is InChI=1S/C76H135N3O29/c1-5-7-9-11-13-15-17-19-20-21-22-23-24-25-26-28-30-32-34-36-38-40-58(90)79-50(51(86)39-37-35-33-31-29-27-18-16-14-12-10-8-6-2)47-101-71-65(95)64(94)67(57(46-83)103-71)104-72-66(96)70(62(92)55(44-81)102-72)108-76(74(99)100)42-53(88)60(78-49(4)85)69(107-76)63(93)56(45-82)105-75(73(97)98)41-52(87)59(77-48(3)84)68(106-75)61(91)54(89)43-80/h19-20,37,39,50-57,59-72,80-83,86-89,91-96H,5-18,21-36,38,40-47H2,1-4H3,(H,77,84)(H,78,85)(H,79,90)(H,97,98)(H,99,100)/b20-19-,39-37+/t50-,51+,52-,53-,54+,55+,56+,57+,59+,60+,61+,62-,63+,64+,65+,66+,67+,68?,69?,70-,71+,72-,75+,76-/m0/s1. The highest BCUT2D eigenvalue weighted by Gasteiger charge is 2.62. The van der Waals surface area contributed by atoms with Crippen LogP contribution in [0.1, 0.15) is 246 Å². The second-order valence-electron chi connectivity index (χ2n) is 29.6. The molecule has 0 aromatic heterocycles. The number of rotatable bonds is 57. The van der Waals surface area contributed by atoms with Crippen molar-refractivity contribution in [3.8, 4) is 0 Å². The van der Waals surface area contributed by atoms with Crippen molar-refractivity contribution >= 4 is 29.7 Å². The van der Waals surface area contributed by atoms with E-state index in [-0.39, 0.29) is 12.3 Å². The molecule has 4 aliphatic rings. The Bertz CT molecular complexity index is 2560. The number of aliphatic carboxylic acids is 2. The second-order valence-corrected chi connectivity index (χ2v) is 29.6. The maximum atomic E-state index is 13.6. The topological polar surface area (TPSA) is 519 Å². The minimum atomic E-state index is -3.39. The van der Waals surface area contributed by atoms with Crippen LogP contribution in [-0.4, -0.2) is 290 Å². The molecule has 32 nitrogen and oxygen atoms in total. The van der Waals surface area contributed by atoms with Gasteiger partial charge in [-0.05, 0) is 44.9 Å². The van der Waals surface area contributed by atoms with Crippen LogP contribution in [0.4, 0.5) is 0 Å². The smallest absolute Gasteiger partial charge is 0.364 e. The van der Waals surface area contributed by atoms with Crippen LogP contribution in [0.2, 0.25) is 0 Å². The lowest BCUT2D eigenvalue weighted by Crippen LogP contribution is -2.72. The van der Waals surface area contributed by atoms with Gasteiger partial charge in [0.2, 0.25) is 17.7 Å². The number of aliphatic hydroxyl groups is 14. The minimum Gasteiger partial charge on any atom is -0.477 e. The highest BCUT2D eigenvalue weighted by Crippen LogP contribution is 2.41. The fraction of sp³-hybridized carbons (Fsp3) is 0.882. The van der Waals surface area contributed by atoms with Crippen molar-refractivity contribution in [2.75, 3.05) is 33.0 Å². The van der Waals surface area contributed by atoms with Crippen LogP contribution in [0.15, 0.2) is 24.3 Å². The molecule has 2 unspecified atom stereocenters. The Hall–Kier alpha value is -4.05. The van der Waals surface area contributed by atoms with Crippen molar-refractivity contribution in [1.29, 1.82) is 0 Å². The summed E-state index contributed by atoms with van der Waals surface area (Å²) in [6.07, 6.45) is 1.06. The zero-order chi connectivity index (χ0) is 79.8. The number of carbonyl (C=O) groups excluding carboxylic acids is 3. The van der Waals surface area contributed by atoms with E-state index in [4.69, 9.17) is 37.9 Å². The highest BCUT2D eigenvalue weighted by atomic mass is 16.8. The first kappa shape index (κ1) is 96.3. The molecule has 24 atom stereocenters. The van der Waals surface area contributed by atoms with E-state index in [2.05, 4.69) is 41.9 Å². The van der Waals surface area contributed by atoms with Gasteiger partial charge in [-0.25, -0.2) is 9.59 Å². The summed E-state index contributed by atoms with van der Waals surface area (Å²) in [6, 6.07) is -4.73. The summed E-state index contributed by atoms with van der Waals surface area (Å²) in [5.41, 5.74) is 0. The molecule has 4 saturated heterocycles. The van der Waals surface area contributed by atoms with Gasteiger partial charge in [0.05, 0.1) is 69.5 Å². The van der Waals surface area contributed by atoms with Crippen LogP contribution in [0.3, 0.4) is 0 Å². The van der Waals surface area contributed by atoms with Crippen LogP contribution in [0.5, 0.6) is 0 Å². The monoisotopic (exact) mass is 1550 g/mol. The quantitative estimate of drug-likeness (QED) is 0.0307. The Labute approximate surface area is 636 Å². The van der Waals surface area contributed by atoms with Crippen LogP contribution >= 0.6 is 0 Å². The second kappa shape index (κ2) is 52.4. The number of hydrogen-bond acceptors (Lipinski definition) is 27. The number of allylic oxidation sites excluding steroid dienone is 3. The number of aliphatic hydroxyl groups excluding tert-OH is 14. The maximum Gasteiger partial charge on any atom is 0.364 e. The van der Waals surface area contributed by atoms with Crippen molar-refractivity contribution in [3.05, 3.63) is 24.3 Å². The zero-order valence-corrected chi connectivity index (χ0v) is 64.1. The van der Waals surface area contributed by atoms with E-state index in [0.29, 0.717) is 12.8 Å². The average Bonchev–Trinajstić information content (AvgIpc) is 0.758. The summed E-state index contributed by atoms with van der Waals surface area (Å²) in [4.78, 5) is 65.1. The van der Waals surface area contributed by atoms with Gasteiger partial charge in [0.25, 0.3) is 11.6 Å². The number of carboxylic acids is 2. The Morgan fingerprint density at radius 1 is 0.500 bits per heavy atom. The van der Waals surface area contributed by atoms with Gasteiger partial charge in [0, 0.05) is 33.1 Å². The summed E-state index contributed by atoms with van der Waals surface area (Å²) in [5.74, 6) is -13.1. The average molecular weight is 1550 g/mol. The van der Waals surface area contributed by atoms with Crippen molar-refractivity contribution in [3.63, 3.8) is 0 Å². The van der Waals surface area contributed by atoms with Gasteiger partial charge >= 0.3 is 11.9 Å². The van der Waals surface area contributed by atoms with Gasteiger partial charge in [-0.1, -0.05) is 192 Å². The molecular formula is C76H135N3O29. The molecule has 4 aliphatic heterocycles. The number of unbranched alkanes of at least 4 members (excludes halogenated alkanes) is 28. The normalized spacial score (nSPS) is 30.7. The lowest BCUT2D eigenvalue weighted by atomic mass is 9.87. The number of amides is 3. The molecule has 4 heterocycles. The fourth-order valence-corrected chi connectivity index (χ4v) is 14.3. The number of ether oxygens (including phenoxy) is 8. The first-order valence-corrected chi connectivity index (χ1v) is 39.9. The molecule has 4 rings (SSSR count). The Morgan fingerprint density at radius 2 is 0.935 bits per heavy atom. The van der Waals surface area contributed by atoms with E-state index in [1.807, 2.05) is 6.08 Å². The molecule has 0 aliphatic carbocycles. The Balaban J connectivity index is 1.45. The molecule has 0 spiro atoms. The van der Waals surface area contributed by atoms with Crippen molar-refractivity contribution in [2.24, 2.45) is 0 Å². The summed E-state index contributed by atoms with van der Waals surface area (Å²) >= 11 is 0. The lowest BCUT2D eigenvalue weighted by Gasteiger charge is -2.51. The van der Waals surface area contributed by atoms with E-state index >= 15 is 0 Å². The molecule has 628 valence electrons. The van der Waals surface area contributed by atoms with Gasteiger partial charge in [0.1, 0.15) is 85.5 Å². The summed E-state index contributed by atoms with van der Waals surface area (Å²) in [7, 11) is 0. The maximum absolute atomic E-state index is 13.6. The van der Waals surface area contributed by atoms with E-state index in [0.717, 1.165) is 78.1 Å². The van der Waals surface area contributed by atoms with E-state index in [1.54, 1.807) is 6.08 Å². The minimum absolute atomic E-state index is 0.151. The molecule has 0 bridgehead atoms. The first-order chi connectivity index (χ1) is 51.7. The number of hydrogen-bond donors (Lipinski definition) is 19. The van der Waals surface area contributed by atoms with Gasteiger partial charge in [-0.2, -0.15) is 0 Å². The largest absolute Gasteiger partial charge is 0.477 e. The first-order valence-electron chi connectivity index (χ1n) is 39.9. The van der Waals surface area contributed by atoms with E-state index < -0.39 is 216 Å². The molecule has 3 amide bonds. The van der Waals surface area contributed by atoms with Crippen LogP contribution in [0, 0.1) is 0 Å². The zero-order valence-electron chi connectivity index (χ0n) is 64.1. The van der Waals surface area contributed by atoms with Crippen molar-refractivity contribution in [2.45, 2.75) is 392 Å². The molecule has 4 fully saturated rings. The van der Waals surface area contributed by atoms with E-state index in [1.165, 1.54) is 122 Å².